The average molecular weight is 208 g/mol. The Balaban J connectivity index is 1.76. The number of rotatable bonds is 3. The van der Waals surface area contributed by atoms with Crippen molar-refractivity contribution in [3.05, 3.63) is 35.9 Å². The van der Waals surface area contributed by atoms with Crippen molar-refractivity contribution in [1.82, 2.24) is 0 Å². The van der Waals surface area contributed by atoms with Gasteiger partial charge in [0.05, 0.1) is 6.61 Å². The molecule has 76 valence electrons. The minimum Gasteiger partial charge on any atom is -0.397 e. The highest BCUT2D eigenvalue weighted by molar-refractivity contribution is 6.44. The largest absolute Gasteiger partial charge is 0.397 e. The number of benzene rings is 1. The Labute approximate surface area is 86.7 Å². The van der Waals surface area contributed by atoms with Gasteiger partial charge in [-0.05, 0) is 24.4 Å². The summed E-state index contributed by atoms with van der Waals surface area (Å²) in [4.78, 5) is 0. The predicted molar refractivity (Wildman–Crippen MR) is 58.4 cm³/mol. The molecule has 2 rings (SSSR count). The first-order valence-electron chi connectivity index (χ1n) is 5.22. The van der Waals surface area contributed by atoms with Crippen molar-refractivity contribution in [3.63, 3.8) is 0 Å². The second-order valence-corrected chi connectivity index (χ2v) is 5.70. The van der Waals surface area contributed by atoms with Crippen LogP contribution in [0.2, 0.25) is 6.04 Å². The van der Waals surface area contributed by atoms with Gasteiger partial charge in [0.15, 0.2) is 0 Å². The molecular weight excluding hydrogens is 192 g/mol. The van der Waals surface area contributed by atoms with Crippen LogP contribution in [0.25, 0.3) is 0 Å². The summed E-state index contributed by atoms with van der Waals surface area (Å²) >= 11 is 0. The van der Waals surface area contributed by atoms with Gasteiger partial charge in [0.1, 0.15) is 0 Å². The Bertz CT molecular complexity index is 257. The second-order valence-electron chi connectivity index (χ2n) is 3.59. The highest BCUT2D eigenvalue weighted by Gasteiger charge is 2.16. The molecule has 1 aliphatic heterocycles. The van der Waals surface area contributed by atoms with E-state index in [1.54, 1.807) is 0 Å². The maximum Gasteiger partial charge on any atom is 0.321 e. The summed E-state index contributed by atoms with van der Waals surface area (Å²) in [7, 11) is -1.30. The average Bonchev–Trinajstić information content (AvgIpc) is 2.29. The van der Waals surface area contributed by atoms with Gasteiger partial charge in [-0.2, -0.15) is 0 Å². The van der Waals surface area contributed by atoms with Crippen LogP contribution in [-0.2, 0) is 15.5 Å². The van der Waals surface area contributed by atoms with Crippen LogP contribution in [0.5, 0.6) is 0 Å². The molecule has 1 atom stereocenters. The van der Waals surface area contributed by atoms with Gasteiger partial charge in [0, 0.05) is 6.61 Å². The lowest BCUT2D eigenvalue weighted by Gasteiger charge is -2.20. The fourth-order valence-electron chi connectivity index (χ4n) is 1.61. The monoisotopic (exact) mass is 208 g/mol. The normalized spacial score (nSPS) is 22.1. The van der Waals surface area contributed by atoms with Crippen LogP contribution < -0.4 is 0 Å². The van der Waals surface area contributed by atoms with Crippen molar-refractivity contribution in [2.45, 2.75) is 25.5 Å². The fourth-order valence-corrected chi connectivity index (χ4v) is 3.47. The Kier molecular flexibility index (Phi) is 3.74. The van der Waals surface area contributed by atoms with Crippen molar-refractivity contribution < 1.29 is 8.85 Å². The zero-order valence-corrected chi connectivity index (χ0v) is 9.47. The quantitative estimate of drug-likeness (QED) is 0.709. The molecule has 2 nitrogen and oxygen atoms in total. The molecule has 0 aromatic heterocycles. The van der Waals surface area contributed by atoms with E-state index >= 15 is 0 Å². The molecule has 1 saturated heterocycles. The molecule has 0 saturated carbocycles. The van der Waals surface area contributed by atoms with Crippen molar-refractivity contribution in [2.75, 3.05) is 6.61 Å². The molecule has 1 unspecified atom stereocenters. The SMILES string of the molecule is c1ccc(CO[SiH]2CCCCO2)cc1. The van der Waals surface area contributed by atoms with Gasteiger partial charge in [-0.1, -0.05) is 30.3 Å². The van der Waals surface area contributed by atoms with Gasteiger partial charge >= 0.3 is 9.28 Å². The summed E-state index contributed by atoms with van der Waals surface area (Å²) in [5.41, 5.74) is 1.24. The smallest absolute Gasteiger partial charge is 0.321 e. The molecule has 0 amide bonds. The second kappa shape index (κ2) is 5.29. The molecule has 0 radical (unpaired) electrons. The highest BCUT2D eigenvalue weighted by Crippen LogP contribution is 2.13. The van der Waals surface area contributed by atoms with Gasteiger partial charge in [-0.15, -0.1) is 0 Å². The van der Waals surface area contributed by atoms with E-state index < -0.39 is 9.28 Å². The van der Waals surface area contributed by atoms with Crippen LogP contribution in [0, 0.1) is 0 Å². The molecule has 0 spiro atoms. The van der Waals surface area contributed by atoms with Crippen LogP contribution in [0.3, 0.4) is 0 Å². The van der Waals surface area contributed by atoms with E-state index in [0.29, 0.717) is 0 Å². The van der Waals surface area contributed by atoms with Gasteiger partial charge in [0.25, 0.3) is 0 Å². The number of hydrogen-bond acceptors (Lipinski definition) is 2. The van der Waals surface area contributed by atoms with Crippen molar-refractivity contribution in [1.29, 1.82) is 0 Å². The molecular formula is C11H16O2Si. The molecule has 1 aliphatic rings. The van der Waals surface area contributed by atoms with E-state index in [2.05, 4.69) is 12.1 Å². The minimum atomic E-state index is -1.30. The molecule has 1 heterocycles. The third kappa shape index (κ3) is 2.94. The first-order valence-corrected chi connectivity index (χ1v) is 6.98. The zero-order chi connectivity index (χ0) is 9.64. The van der Waals surface area contributed by atoms with Crippen molar-refractivity contribution in [3.8, 4) is 0 Å². The van der Waals surface area contributed by atoms with Gasteiger partial charge in [-0.25, -0.2) is 0 Å². The molecule has 0 N–H and O–H groups in total. The van der Waals surface area contributed by atoms with Crippen LogP contribution in [0.4, 0.5) is 0 Å². The van der Waals surface area contributed by atoms with Gasteiger partial charge in [0.2, 0.25) is 0 Å². The fraction of sp³-hybridized carbons (Fsp3) is 0.455. The first kappa shape index (κ1) is 9.89. The lowest BCUT2D eigenvalue weighted by molar-refractivity contribution is 0.170. The van der Waals surface area contributed by atoms with Gasteiger partial charge in [-0.3, -0.25) is 0 Å². The van der Waals surface area contributed by atoms with Crippen LogP contribution in [0.1, 0.15) is 18.4 Å². The molecule has 1 fully saturated rings. The molecule has 0 aliphatic carbocycles. The van der Waals surface area contributed by atoms with E-state index in [9.17, 15) is 0 Å². The Morgan fingerprint density at radius 1 is 1.21 bits per heavy atom. The van der Waals surface area contributed by atoms with Crippen LogP contribution in [0.15, 0.2) is 30.3 Å². The summed E-state index contributed by atoms with van der Waals surface area (Å²) in [5.74, 6) is 0. The molecule has 1 aromatic rings. The van der Waals surface area contributed by atoms with E-state index in [0.717, 1.165) is 13.2 Å². The first-order chi connectivity index (χ1) is 6.95. The lowest BCUT2D eigenvalue weighted by atomic mass is 10.2. The maximum absolute atomic E-state index is 5.79. The third-order valence-electron chi connectivity index (χ3n) is 2.42. The maximum atomic E-state index is 5.79. The van der Waals surface area contributed by atoms with Crippen LogP contribution in [-0.4, -0.2) is 15.9 Å². The minimum absolute atomic E-state index is 0.720. The summed E-state index contributed by atoms with van der Waals surface area (Å²) in [6, 6.07) is 11.5. The van der Waals surface area contributed by atoms with E-state index in [-0.39, 0.29) is 0 Å². The molecule has 14 heavy (non-hydrogen) atoms. The van der Waals surface area contributed by atoms with Crippen molar-refractivity contribution in [2.24, 2.45) is 0 Å². The van der Waals surface area contributed by atoms with E-state index in [1.807, 2.05) is 18.2 Å². The van der Waals surface area contributed by atoms with Crippen LogP contribution >= 0.6 is 0 Å². The standard InChI is InChI=1S/C11H16O2Si/c1-2-6-11(7-3-1)10-13-14-9-5-4-8-12-14/h1-3,6-7,14H,4-5,8-10H2. The Morgan fingerprint density at radius 2 is 2.07 bits per heavy atom. The lowest BCUT2D eigenvalue weighted by Crippen LogP contribution is -2.26. The summed E-state index contributed by atoms with van der Waals surface area (Å²) < 4.78 is 11.4. The number of hydrogen-bond donors (Lipinski definition) is 0. The molecule has 1 aromatic carbocycles. The van der Waals surface area contributed by atoms with Gasteiger partial charge < -0.3 is 8.85 Å². The summed E-state index contributed by atoms with van der Waals surface area (Å²) in [6.45, 7) is 1.63. The Hall–Kier alpha value is -0.643. The third-order valence-corrected chi connectivity index (χ3v) is 4.44. The predicted octanol–water partition coefficient (Wildman–Crippen LogP) is 2.23. The Morgan fingerprint density at radius 3 is 2.79 bits per heavy atom. The summed E-state index contributed by atoms with van der Waals surface area (Å²) in [5, 5.41) is 0. The molecule has 3 heteroatoms. The zero-order valence-electron chi connectivity index (χ0n) is 8.32. The van der Waals surface area contributed by atoms with E-state index in [1.165, 1.54) is 24.4 Å². The highest BCUT2D eigenvalue weighted by atomic mass is 28.3. The molecule has 0 bridgehead atoms. The summed E-state index contributed by atoms with van der Waals surface area (Å²) in [6.07, 6.45) is 2.49. The van der Waals surface area contributed by atoms with E-state index in [4.69, 9.17) is 8.85 Å². The topological polar surface area (TPSA) is 18.5 Å². The van der Waals surface area contributed by atoms with Crippen molar-refractivity contribution >= 4 is 9.28 Å².